The molecule has 21 heavy (non-hydrogen) atoms. The number of carboxylic acids is 2. The van der Waals surface area contributed by atoms with Crippen molar-refractivity contribution in [1.29, 1.82) is 0 Å². The zero-order chi connectivity index (χ0) is 15.6. The van der Waals surface area contributed by atoms with Crippen molar-refractivity contribution in [3.63, 3.8) is 0 Å². The lowest BCUT2D eigenvalue weighted by Gasteiger charge is -2.07. The molecule has 2 rings (SSSR count). The van der Waals surface area contributed by atoms with Crippen molar-refractivity contribution in [2.75, 3.05) is 0 Å². The summed E-state index contributed by atoms with van der Waals surface area (Å²) < 4.78 is 0. The minimum Gasteiger partial charge on any atom is -0.478 e. The number of benzene rings is 2. The van der Waals surface area contributed by atoms with Gasteiger partial charge in [0.15, 0.2) is 5.78 Å². The maximum atomic E-state index is 12.4. The second-order valence-corrected chi connectivity index (χ2v) is 4.57. The van der Waals surface area contributed by atoms with Gasteiger partial charge in [-0.15, -0.1) is 0 Å². The van der Waals surface area contributed by atoms with Crippen LogP contribution >= 0.6 is 0 Å². The van der Waals surface area contributed by atoms with E-state index in [0.29, 0.717) is 5.56 Å². The van der Waals surface area contributed by atoms with E-state index in [1.54, 1.807) is 24.3 Å². The summed E-state index contributed by atoms with van der Waals surface area (Å²) in [6.07, 6.45) is 0. The number of carbonyl (C=O) groups excluding carboxylic acids is 1. The average molecular weight is 284 g/mol. The maximum Gasteiger partial charge on any atom is 0.336 e. The molecule has 0 atom stereocenters. The number of carboxylic acid groups (broad SMARTS) is 2. The summed E-state index contributed by atoms with van der Waals surface area (Å²) in [7, 11) is 0. The van der Waals surface area contributed by atoms with Gasteiger partial charge in [0.2, 0.25) is 0 Å². The fraction of sp³-hybridized carbons (Fsp3) is 0.0625. The molecule has 106 valence electrons. The van der Waals surface area contributed by atoms with E-state index in [9.17, 15) is 14.4 Å². The first-order chi connectivity index (χ1) is 9.90. The Kier molecular flexibility index (Phi) is 3.84. The van der Waals surface area contributed by atoms with Crippen LogP contribution in [0.4, 0.5) is 0 Å². The van der Waals surface area contributed by atoms with Crippen molar-refractivity contribution in [2.24, 2.45) is 0 Å². The van der Waals surface area contributed by atoms with Gasteiger partial charge in [-0.05, 0) is 25.1 Å². The van der Waals surface area contributed by atoms with Crippen LogP contribution in [0, 0.1) is 6.92 Å². The van der Waals surface area contributed by atoms with Gasteiger partial charge < -0.3 is 10.2 Å². The summed E-state index contributed by atoms with van der Waals surface area (Å²) >= 11 is 0. The van der Waals surface area contributed by atoms with Crippen molar-refractivity contribution in [2.45, 2.75) is 6.92 Å². The van der Waals surface area contributed by atoms with E-state index < -0.39 is 17.7 Å². The lowest BCUT2D eigenvalue weighted by Crippen LogP contribution is -2.11. The molecule has 0 amide bonds. The molecule has 0 aliphatic heterocycles. The van der Waals surface area contributed by atoms with Gasteiger partial charge in [0.05, 0.1) is 11.1 Å². The molecule has 0 saturated carbocycles. The topological polar surface area (TPSA) is 91.7 Å². The predicted molar refractivity (Wildman–Crippen MR) is 75.0 cm³/mol. The van der Waals surface area contributed by atoms with Crippen molar-refractivity contribution < 1.29 is 24.6 Å². The van der Waals surface area contributed by atoms with E-state index in [1.165, 1.54) is 0 Å². The van der Waals surface area contributed by atoms with E-state index >= 15 is 0 Å². The van der Waals surface area contributed by atoms with Crippen LogP contribution in [0.3, 0.4) is 0 Å². The quantitative estimate of drug-likeness (QED) is 0.842. The Labute approximate surface area is 120 Å². The van der Waals surface area contributed by atoms with E-state index in [-0.39, 0.29) is 16.7 Å². The Hall–Kier alpha value is -2.95. The van der Waals surface area contributed by atoms with Gasteiger partial charge in [-0.2, -0.15) is 0 Å². The molecule has 0 aromatic heterocycles. The third kappa shape index (κ3) is 2.97. The Morgan fingerprint density at radius 1 is 0.762 bits per heavy atom. The molecule has 2 aromatic rings. The van der Waals surface area contributed by atoms with Gasteiger partial charge in [0, 0.05) is 11.1 Å². The fourth-order valence-corrected chi connectivity index (χ4v) is 1.91. The standard InChI is InChI=1S/C16H12O5/c1-9-2-4-10(5-3-9)14(17)13-8-11(15(18)19)6-7-12(13)16(20)21/h2-8H,1H3,(H,18,19)(H,20,21). The first-order valence-electron chi connectivity index (χ1n) is 6.12. The summed E-state index contributed by atoms with van der Waals surface area (Å²) in [6.45, 7) is 1.86. The zero-order valence-electron chi connectivity index (χ0n) is 11.2. The molecule has 0 fully saturated rings. The highest BCUT2D eigenvalue weighted by atomic mass is 16.4. The van der Waals surface area contributed by atoms with Crippen molar-refractivity contribution in [1.82, 2.24) is 0 Å². The molecular weight excluding hydrogens is 272 g/mol. The molecular formula is C16H12O5. The number of hydrogen-bond acceptors (Lipinski definition) is 3. The first kappa shape index (κ1) is 14.5. The van der Waals surface area contributed by atoms with Crippen molar-refractivity contribution in [3.8, 4) is 0 Å². The minimum absolute atomic E-state index is 0.129. The van der Waals surface area contributed by atoms with Crippen LogP contribution < -0.4 is 0 Å². The molecule has 0 bridgehead atoms. The Balaban J connectivity index is 2.56. The number of aryl methyl sites for hydroxylation is 1. The second-order valence-electron chi connectivity index (χ2n) is 4.57. The van der Waals surface area contributed by atoms with Gasteiger partial charge in [0.1, 0.15) is 0 Å². The van der Waals surface area contributed by atoms with Crippen LogP contribution in [-0.4, -0.2) is 27.9 Å². The number of hydrogen-bond donors (Lipinski definition) is 2. The van der Waals surface area contributed by atoms with E-state index in [1.807, 2.05) is 6.92 Å². The molecule has 2 aromatic carbocycles. The molecule has 0 spiro atoms. The van der Waals surface area contributed by atoms with Gasteiger partial charge in [0.25, 0.3) is 0 Å². The van der Waals surface area contributed by atoms with Crippen LogP contribution in [0.5, 0.6) is 0 Å². The highest BCUT2D eigenvalue weighted by Gasteiger charge is 2.20. The number of ketones is 1. The lowest BCUT2D eigenvalue weighted by molar-refractivity contribution is 0.0679. The molecule has 2 N–H and O–H groups in total. The largest absolute Gasteiger partial charge is 0.478 e. The van der Waals surface area contributed by atoms with Crippen LogP contribution in [0.2, 0.25) is 0 Å². The molecule has 5 heteroatoms. The second kappa shape index (κ2) is 5.58. The first-order valence-corrected chi connectivity index (χ1v) is 6.12. The summed E-state index contributed by atoms with van der Waals surface area (Å²) in [5.41, 5.74) is 0.794. The van der Waals surface area contributed by atoms with Gasteiger partial charge in [-0.1, -0.05) is 29.8 Å². The van der Waals surface area contributed by atoms with Crippen molar-refractivity contribution >= 4 is 17.7 Å². The van der Waals surface area contributed by atoms with Gasteiger partial charge >= 0.3 is 11.9 Å². The predicted octanol–water partition coefficient (Wildman–Crippen LogP) is 2.62. The molecule has 0 radical (unpaired) electrons. The average Bonchev–Trinajstić information content (AvgIpc) is 2.46. The molecule has 0 aliphatic rings. The smallest absolute Gasteiger partial charge is 0.336 e. The summed E-state index contributed by atoms with van der Waals surface area (Å²) in [6, 6.07) is 10.0. The lowest BCUT2D eigenvalue weighted by atomic mass is 9.96. The van der Waals surface area contributed by atoms with Crippen LogP contribution in [0.25, 0.3) is 0 Å². The van der Waals surface area contributed by atoms with Crippen LogP contribution in [-0.2, 0) is 0 Å². The Morgan fingerprint density at radius 3 is 1.86 bits per heavy atom. The highest BCUT2D eigenvalue weighted by molar-refractivity contribution is 6.15. The summed E-state index contributed by atoms with van der Waals surface area (Å²) in [5.74, 6) is -3.01. The van der Waals surface area contributed by atoms with E-state index in [2.05, 4.69) is 0 Å². The summed E-state index contributed by atoms with van der Waals surface area (Å²) in [4.78, 5) is 34.6. The number of aromatic carboxylic acids is 2. The monoisotopic (exact) mass is 284 g/mol. The number of rotatable bonds is 4. The van der Waals surface area contributed by atoms with E-state index in [4.69, 9.17) is 10.2 Å². The zero-order valence-corrected chi connectivity index (χ0v) is 11.2. The molecule has 0 aliphatic carbocycles. The SMILES string of the molecule is Cc1ccc(C(=O)c2cc(C(=O)O)ccc2C(=O)O)cc1. The number of carbonyl (C=O) groups is 3. The Morgan fingerprint density at radius 2 is 1.33 bits per heavy atom. The highest BCUT2D eigenvalue weighted by Crippen LogP contribution is 2.18. The maximum absolute atomic E-state index is 12.4. The van der Waals surface area contributed by atoms with Crippen LogP contribution in [0.1, 0.15) is 42.2 Å². The molecule has 0 saturated heterocycles. The minimum atomic E-state index is -1.28. The van der Waals surface area contributed by atoms with Crippen molar-refractivity contribution in [3.05, 3.63) is 70.3 Å². The fourth-order valence-electron chi connectivity index (χ4n) is 1.91. The molecule has 0 unspecified atom stereocenters. The van der Waals surface area contributed by atoms with Crippen LogP contribution in [0.15, 0.2) is 42.5 Å². The third-order valence-electron chi connectivity index (χ3n) is 3.06. The summed E-state index contributed by atoms with van der Waals surface area (Å²) in [5, 5.41) is 18.1. The third-order valence-corrected chi connectivity index (χ3v) is 3.06. The van der Waals surface area contributed by atoms with E-state index in [0.717, 1.165) is 23.8 Å². The molecule has 5 nitrogen and oxygen atoms in total. The molecule has 0 heterocycles. The van der Waals surface area contributed by atoms with Gasteiger partial charge in [-0.25, -0.2) is 9.59 Å². The normalized spacial score (nSPS) is 10.1. The van der Waals surface area contributed by atoms with Gasteiger partial charge in [-0.3, -0.25) is 4.79 Å². The Bertz CT molecular complexity index is 729.